The van der Waals surface area contributed by atoms with Crippen LogP contribution in [0.25, 0.3) is 0 Å². The van der Waals surface area contributed by atoms with Gasteiger partial charge >= 0.3 is 0 Å². The Labute approximate surface area is 230 Å². The van der Waals surface area contributed by atoms with E-state index in [2.05, 4.69) is 5.32 Å². The third-order valence-electron chi connectivity index (χ3n) is 6.79. The molecule has 3 rings (SSSR count). The van der Waals surface area contributed by atoms with Gasteiger partial charge in [-0.3, -0.25) is 9.59 Å². The molecule has 0 aliphatic heterocycles. The minimum Gasteiger partial charge on any atom is -0.352 e. The SMILES string of the molecule is C[C@@H](C(=O)NC1CCCCC1)N(Cc1ccc(Cl)cc1Cl)C(=O)CCCN(C)S(=O)(=O)c1ccccc1. The number of sulfonamides is 1. The lowest BCUT2D eigenvalue weighted by molar-refractivity contribution is -0.141. The van der Waals surface area contributed by atoms with E-state index in [1.165, 1.54) is 22.7 Å². The molecule has 0 radical (unpaired) electrons. The molecular formula is C27H35Cl2N3O4S. The lowest BCUT2D eigenvalue weighted by Gasteiger charge is -2.31. The molecule has 0 unspecified atom stereocenters. The van der Waals surface area contributed by atoms with Gasteiger partial charge in [-0.05, 0) is 56.0 Å². The van der Waals surface area contributed by atoms with Crippen LogP contribution in [0.5, 0.6) is 0 Å². The molecule has 1 fully saturated rings. The number of rotatable bonds is 11. The zero-order chi connectivity index (χ0) is 27.0. The summed E-state index contributed by atoms with van der Waals surface area (Å²) in [7, 11) is -2.15. The van der Waals surface area contributed by atoms with Gasteiger partial charge in [0.25, 0.3) is 0 Å². The van der Waals surface area contributed by atoms with Crippen LogP contribution in [0.2, 0.25) is 10.0 Å². The Kier molecular flexibility index (Phi) is 10.8. The van der Waals surface area contributed by atoms with Crippen molar-refractivity contribution < 1.29 is 18.0 Å². The van der Waals surface area contributed by atoms with Crippen LogP contribution in [0.3, 0.4) is 0 Å². The molecule has 1 N–H and O–H groups in total. The number of hydrogen-bond donors (Lipinski definition) is 1. The summed E-state index contributed by atoms with van der Waals surface area (Å²) in [5, 5.41) is 4.00. The number of halogens is 2. The first-order valence-electron chi connectivity index (χ1n) is 12.6. The van der Waals surface area contributed by atoms with Gasteiger partial charge in [0.15, 0.2) is 0 Å². The minimum atomic E-state index is -3.65. The summed E-state index contributed by atoms with van der Waals surface area (Å²) in [5.41, 5.74) is 0.681. The minimum absolute atomic E-state index is 0.0842. The molecule has 1 aliphatic rings. The fourth-order valence-electron chi connectivity index (χ4n) is 4.47. The summed E-state index contributed by atoms with van der Waals surface area (Å²) < 4.78 is 26.8. The fourth-order valence-corrected chi connectivity index (χ4v) is 6.17. The molecule has 1 atom stereocenters. The number of nitrogens with one attached hydrogen (secondary N) is 1. The summed E-state index contributed by atoms with van der Waals surface area (Å²) in [6, 6.07) is 12.6. The first-order valence-corrected chi connectivity index (χ1v) is 14.8. The second kappa shape index (κ2) is 13.6. The van der Waals surface area contributed by atoms with Crippen molar-refractivity contribution in [2.45, 2.75) is 75.4 Å². The van der Waals surface area contributed by atoms with Crippen molar-refractivity contribution in [2.24, 2.45) is 0 Å². The molecule has 10 heteroatoms. The fraction of sp³-hybridized carbons (Fsp3) is 0.481. The third kappa shape index (κ3) is 8.18. The maximum Gasteiger partial charge on any atom is 0.242 e. The van der Waals surface area contributed by atoms with Crippen LogP contribution < -0.4 is 5.32 Å². The Balaban J connectivity index is 1.68. The lowest BCUT2D eigenvalue weighted by atomic mass is 9.95. The average Bonchev–Trinajstić information content (AvgIpc) is 2.88. The van der Waals surface area contributed by atoms with E-state index in [-0.39, 0.29) is 42.3 Å². The van der Waals surface area contributed by atoms with E-state index in [0.29, 0.717) is 22.0 Å². The largest absolute Gasteiger partial charge is 0.352 e. The van der Waals surface area contributed by atoms with Gasteiger partial charge in [0.1, 0.15) is 6.04 Å². The molecule has 2 aromatic rings. The summed E-state index contributed by atoms with van der Waals surface area (Å²) in [5.74, 6) is -0.447. The molecule has 202 valence electrons. The highest BCUT2D eigenvalue weighted by Crippen LogP contribution is 2.24. The number of hydrogen-bond acceptors (Lipinski definition) is 4. The van der Waals surface area contributed by atoms with E-state index in [9.17, 15) is 18.0 Å². The van der Waals surface area contributed by atoms with Crippen molar-refractivity contribution in [1.82, 2.24) is 14.5 Å². The predicted molar refractivity (Wildman–Crippen MR) is 147 cm³/mol. The zero-order valence-corrected chi connectivity index (χ0v) is 23.7. The standard InChI is InChI=1S/C27H35Cl2N3O4S/c1-20(27(34)30-23-10-5-3-6-11-23)32(19-21-15-16-22(28)18-25(21)29)26(33)14-9-17-31(2)37(35,36)24-12-7-4-8-13-24/h4,7-8,12-13,15-16,18,20,23H,3,5-6,9-11,14,17,19H2,1-2H3,(H,30,34)/t20-/m0/s1. The smallest absolute Gasteiger partial charge is 0.242 e. The van der Waals surface area contributed by atoms with Gasteiger partial charge in [-0.1, -0.05) is 66.7 Å². The third-order valence-corrected chi connectivity index (χ3v) is 9.25. The van der Waals surface area contributed by atoms with Crippen molar-refractivity contribution in [1.29, 1.82) is 0 Å². The van der Waals surface area contributed by atoms with Crippen LogP contribution in [0.4, 0.5) is 0 Å². The van der Waals surface area contributed by atoms with E-state index in [1.54, 1.807) is 55.5 Å². The van der Waals surface area contributed by atoms with Gasteiger partial charge in [0.2, 0.25) is 21.8 Å². The summed E-state index contributed by atoms with van der Waals surface area (Å²) in [6.07, 6.45) is 5.62. The Bertz CT molecular complexity index is 1170. The van der Waals surface area contributed by atoms with Crippen LogP contribution >= 0.6 is 23.2 Å². The molecule has 2 aromatic carbocycles. The number of benzene rings is 2. The monoisotopic (exact) mass is 567 g/mol. The lowest BCUT2D eigenvalue weighted by Crippen LogP contribution is -2.50. The molecule has 0 saturated heterocycles. The predicted octanol–water partition coefficient (Wildman–Crippen LogP) is 5.26. The van der Waals surface area contributed by atoms with Gasteiger partial charge in [-0.2, -0.15) is 0 Å². The molecule has 37 heavy (non-hydrogen) atoms. The highest BCUT2D eigenvalue weighted by atomic mass is 35.5. The molecule has 2 amide bonds. The van der Waals surface area contributed by atoms with Crippen LogP contribution in [-0.4, -0.2) is 55.1 Å². The normalized spacial score (nSPS) is 15.4. The summed E-state index contributed by atoms with van der Waals surface area (Å²) in [6.45, 7) is 2.03. The highest BCUT2D eigenvalue weighted by molar-refractivity contribution is 7.89. The van der Waals surface area contributed by atoms with Gasteiger partial charge in [0, 0.05) is 42.6 Å². The van der Waals surface area contributed by atoms with Gasteiger partial charge in [-0.15, -0.1) is 0 Å². The maximum atomic E-state index is 13.4. The first-order chi connectivity index (χ1) is 17.6. The quantitative estimate of drug-likeness (QED) is 0.401. The molecule has 7 nitrogen and oxygen atoms in total. The number of amides is 2. The van der Waals surface area contributed by atoms with Crippen LogP contribution in [0, 0.1) is 0 Å². The number of carbonyl (C=O) groups is 2. The van der Waals surface area contributed by atoms with E-state index < -0.39 is 16.1 Å². The maximum absolute atomic E-state index is 13.4. The van der Waals surface area contributed by atoms with E-state index >= 15 is 0 Å². The summed E-state index contributed by atoms with van der Waals surface area (Å²) >= 11 is 12.4. The number of carbonyl (C=O) groups excluding carboxylic acids is 2. The molecule has 0 spiro atoms. The van der Waals surface area contributed by atoms with Gasteiger partial charge in [-0.25, -0.2) is 12.7 Å². The molecule has 0 heterocycles. The number of nitrogens with zero attached hydrogens (tertiary/aromatic N) is 2. The van der Waals surface area contributed by atoms with Crippen molar-refractivity contribution in [3.05, 3.63) is 64.1 Å². The first kappa shape index (κ1) is 29.4. The Morgan fingerprint density at radius 2 is 1.73 bits per heavy atom. The molecule has 0 aromatic heterocycles. The van der Waals surface area contributed by atoms with Crippen molar-refractivity contribution in [2.75, 3.05) is 13.6 Å². The van der Waals surface area contributed by atoms with E-state index in [1.807, 2.05) is 0 Å². The molecule has 1 aliphatic carbocycles. The van der Waals surface area contributed by atoms with Crippen molar-refractivity contribution in [3.63, 3.8) is 0 Å². The van der Waals surface area contributed by atoms with Gasteiger partial charge < -0.3 is 10.2 Å². The van der Waals surface area contributed by atoms with Crippen LogP contribution in [0.15, 0.2) is 53.4 Å². The Morgan fingerprint density at radius 3 is 2.38 bits per heavy atom. The van der Waals surface area contributed by atoms with Crippen molar-refractivity contribution in [3.8, 4) is 0 Å². The zero-order valence-electron chi connectivity index (χ0n) is 21.3. The highest BCUT2D eigenvalue weighted by Gasteiger charge is 2.29. The molecular weight excluding hydrogens is 533 g/mol. The van der Waals surface area contributed by atoms with Crippen LogP contribution in [0.1, 0.15) is 57.4 Å². The van der Waals surface area contributed by atoms with Crippen molar-refractivity contribution >= 4 is 45.0 Å². The second-order valence-corrected chi connectivity index (χ2v) is 12.4. The molecule has 1 saturated carbocycles. The second-order valence-electron chi connectivity index (χ2n) is 9.52. The average molecular weight is 569 g/mol. The Morgan fingerprint density at radius 1 is 1.05 bits per heavy atom. The van der Waals surface area contributed by atoms with E-state index in [4.69, 9.17) is 23.2 Å². The molecule has 0 bridgehead atoms. The van der Waals surface area contributed by atoms with E-state index in [0.717, 1.165) is 25.7 Å². The van der Waals surface area contributed by atoms with Gasteiger partial charge in [0.05, 0.1) is 4.90 Å². The Hall–Kier alpha value is -2.13. The summed E-state index contributed by atoms with van der Waals surface area (Å²) in [4.78, 5) is 28.2. The van der Waals surface area contributed by atoms with Crippen LogP contribution in [-0.2, 0) is 26.2 Å². The topological polar surface area (TPSA) is 86.8 Å².